The molecule has 31 heavy (non-hydrogen) atoms. The van der Waals surface area contributed by atoms with Gasteiger partial charge in [-0.15, -0.1) is 16.4 Å². The molecule has 0 fully saturated rings. The standard InChI is InChI=1S/C22H25N5O3S/c1-4-15-6-5-7-16(12-15)23-18(28)13-26-22(30)27-17-9-11-31-19(17)20(29)25(21(27)24-26)10-8-14(2)3/h5-7,9,11-12,14H,4,8,10,13H2,1-3H3,(H,23,28). The van der Waals surface area contributed by atoms with Crippen molar-refractivity contribution in [1.82, 2.24) is 18.7 Å². The normalized spacial score (nSPS) is 11.6. The number of nitrogens with one attached hydrogen (secondary N) is 1. The van der Waals surface area contributed by atoms with Gasteiger partial charge in [0, 0.05) is 12.2 Å². The van der Waals surface area contributed by atoms with Crippen LogP contribution in [0.5, 0.6) is 0 Å². The first kappa shape index (κ1) is 21.0. The Morgan fingerprint density at radius 3 is 2.77 bits per heavy atom. The van der Waals surface area contributed by atoms with Crippen molar-refractivity contribution >= 4 is 38.9 Å². The Kier molecular flexibility index (Phi) is 5.77. The van der Waals surface area contributed by atoms with Crippen molar-refractivity contribution in [3.8, 4) is 0 Å². The maximum Gasteiger partial charge on any atom is 0.352 e. The number of aryl methyl sites for hydroxylation is 2. The summed E-state index contributed by atoms with van der Waals surface area (Å²) in [5.41, 5.74) is 1.72. The number of fused-ring (bicyclic) bond motifs is 3. The first-order valence-electron chi connectivity index (χ1n) is 10.4. The van der Waals surface area contributed by atoms with E-state index in [1.807, 2.05) is 31.2 Å². The van der Waals surface area contributed by atoms with E-state index in [9.17, 15) is 14.4 Å². The van der Waals surface area contributed by atoms with Gasteiger partial charge in [-0.25, -0.2) is 13.9 Å². The molecule has 0 saturated heterocycles. The van der Waals surface area contributed by atoms with E-state index in [0.717, 1.165) is 23.1 Å². The molecule has 0 radical (unpaired) electrons. The van der Waals surface area contributed by atoms with Crippen molar-refractivity contribution in [2.24, 2.45) is 5.92 Å². The lowest BCUT2D eigenvalue weighted by Gasteiger charge is -2.09. The largest absolute Gasteiger partial charge is 0.352 e. The third kappa shape index (κ3) is 4.05. The first-order chi connectivity index (χ1) is 14.9. The van der Waals surface area contributed by atoms with Gasteiger partial charge in [0.05, 0.1) is 5.52 Å². The van der Waals surface area contributed by atoms with Gasteiger partial charge >= 0.3 is 5.69 Å². The molecule has 0 spiro atoms. The quantitative estimate of drug-likeness (QED) is 0.479. The predicted octanol–water partition coefficient (Wildman–Crippen LogP) is 3.12. The Morgan fingerprint density at radius 2 is 2.03 bits per heavy atom. The average Bonchev–Trinajstić information content (AvgIpc) is 3.33. The minimum atomic E-state index is -0.436. The molecule has 0 aliphatic rings. The molecule has 1 N–H and O–H groups in total. The van der Waals surface area contributed by atoms with Gasteiger partial charge in [-0.3, -0.25) is 14.2 Å². The van der Waals surface area contributed by atoms with Crippen molar-refractivity contribution in [2.75, 3.05) is 5.32 Å². The van der Waals surface area contributed by atoms with Crippen molar-refractivity contribution in [1.29, 1.82) is 0 Å². The summed E-state index contributed by atoms with van der Waals surface area (Å²) in [6, 6.07) is 9.33. The Bertz CT molecular complexity index is 1380. The fourth-order valence-electron chi connectivity index (χ4n) is 3.53. The van der Waals surface area contributed by atoms with E-state index in [2.05, 4.69) is 24.3 Å². The minimum absolute atomic E-state index is 0.156. The van der Waals surface area contributed by atoms with Gasteiger partial charge in [0.2, 0.25) is 11.7 Å². The molecule has 0 atom stereocenters. The van der Waals surface area contributed by atoms with E-state index < -0.39 is 5.69 Å². The van der Waals surface area contributed by atoms with Crippen LogP contribution in [-0.4, -0.2) is 24.7 Å². The summed E-state index contributed by atoms with van der Waals surface area (Å²) in [6.45, 7) is 6.42. The fourth-order valence-corrected chi connectivity index (χ4v) is 4.36. The number of nitrogens with zero attached hydrogens (tertiary/aromatic N) is 4. The summed E-state index contributed by atoms with van der Waals surface area (Å²) in [6.07, 6.45) is 1.64. The highest BCUT2D eigenvalue weighted by Gasteiger charge is 2.19. The van der Waals surface area contributed by atoms with Crippen LogP contribution in [0.3, 0.4) is 0 Å². The molecule has 0 unspecified atom stereocenters. The van der Waals surface area contributed by atoms with Gasteiger partial charge in [-0.1, -0.05) is 32.9 Å². The van der Waals surface area contributed by atoms with Crippen LogP contribution in [0.4, 0.5) is 5.69 Å². The molecular formula is C22H25N5O3S. The van der Waals surface area contributed by atoms with E-state index in [1.165, 1.54) is 15.7 Å². The molecule has 1 aromatic carbocycles. The molecule has 3 aromatic heterocycles. The molecule has 0 bridgehead atoms. The van der Waals surface area contributed by atoms with Gasteiger partial charge in [0.15, 0.2) is 0 Å². The average molecular weight is 440 g/mol. The van der Waals surface area contributed by atoms with E-state index in [1.54, 1.807) is 16.0 Å². The Labute approximate surface area is 182 Å². The second-order valence-electron chi connectivity index (χ2n) is 7.95. The summed E-state index contributed by atoms with van der Waals surface area (Å²) in [5.74, 6) is 0.309. The Morgan fingerprint density at radius 1 is 1.23 bits per heavy atom. The minimum Gasteiger partial charge on any atom is -0.324 e. The molecule has 0 aliphatic carbocycles. The molecule has 0 aliphatic heterocycles. The van der Waals surface area contributed by atoms with Crippen molar-refractivity contribution in [3.63, 3.8) is 0 Å². The van der Waals surface area contributed by atoms with Crippen LogP contribution >= 0.6 is 11.3 Å². The zero-order valence-corrected chi connectivity index (χ0v) is 18.6. The third-order valence-electron chi connectivity index (χ3n) is 5.23. The number of anilines is 1. The van der Waals surface area contributed by atoms with Crippen LogP contribution < -0.4 is 16.6 Å². The van der Waals surface area contributed by atoms with Crippen LogP contribution in [0.2, 0.25) is 0 Å². The highest BCUT2D eigenvalue weighted by atomic mass is 32.1. The van der Waals surface area contributed by atoms with Gasteiger partial charge < -0.3 is 5.32 Å². The molecule has 3 heterocycles. The maximum absolute atomic E-state index is 13.1. The van der Waals surface area contributed by atoms with Crippen LogP contribution in [0.25, 0.3) is 16.0 Å². The van der Waals surface area contributed by atoms with E-state index in [0.29, 0.717) is 28.4 Å². The number of rotatable bonds is 7. The SMILES string of the molecule is CCc1cccc(NC(=O)Cn2nc3n(CCC(C)C)c(=O)c4sccc4n3c2=O)c1. The first-order valence-corrected chi connectivity index (χ1v) is 11.3. The zero-order chi connectivity index (χ0) is 22.1. The van der Waals surface area contributed by atoms with Gasteiger partial charge in [-0.2, -0.15) is 0 Å². The topological polar surface area (TPSA) is 90.4 Å². The summed E-state index contributed by atoms with van der Waals surface area (Å²) in [4.78, 5) is 38.7. The third-order valence-corrected chi connectivity index (χ3v) is 6.12. The number of benzene rings is 1. The van der Waals surface area contributed by atoms with Crippen molar-refractivity contribution in [2.45, 2.75) is 46.7 Å². The number of carbonyl (C=O) groups is 1. The van der Waals surface area contributed by atoms with Gasteiger partial charge in [0.25, 0.3) is 5.56 Å². The van der Waals surface area contributed by atoms with Crippen LogP contribution in [0.15, 0.2) is 45.3 Å². The van der Waals surface area contributed by atoms with E-state index in [-0.39, 0.29) is 23.8 Å². The number of carbonyl (C=O) groups excluding carboxylic acids is 1. The van der Waals surface area contributed by atoms with Crippen LogP contribution in [-0.2, 0) is 24.3 Å². The van der Waals surface area contributed by atoms with E-state index in [4.69, 9.17) is 0 Å². The molecule has 4 aromatic rings. The lowest BCUT2D eigenvalue weighted by Crippen LogP contribution is -2.29. The molecule has 162 valence electrons. The molecule has 8 nitrogen and oxygen atoms in total. The number of hydrogen-bond donors (Lipinski definition) is 1. The molecule has 4 rings (SSSR count). The number of amides is 1. The number of thiophene rings is 1. The zero-order valence-electron chi connectivity index (χ0n) is 17.8. The predicted molar refractivity (Wildman–Crippen MR) is 123 cm³/mol. The van der Waals surface area contributed by atoms with Gasteiger partial charge in [-0.05, 0) is 47.9 Å². The Hall–Kier alpha value is -3.20. The molecule has 9 heteroatoms. The molecule has 0 saturated carbocycles. The van der Waals surface area contributed by atoms with Crippen LogP contribution in [0.1, 0.15) is 32.8 Å². The summed E-state index contributed by atoms with van der Waals surface area (Å²) >= 11 is 1.30. The van der Waals surface area contributed by atoms with Crippen LogP contribution in [0, 0.1) is 5.92 Å². The summed E-state index contributed by atoms with van der Waals surface area (Å²) in [5, 5.41) is 8.98. The second-order valence-corrected chi connectivity index (χ2v) is 8.87. The number of aromatic nitrogens is 4. The summed E-state index contributed by atoms with van der Waals surface area (Å²) in [7, 11) is 0. The Balaban J connectivity index is 1.72. The molecule has 1 amide bonds. The lowest BCUT2D eigenvalue weighted by molar-refractivity contribution is -0.117. The second kappa shape index (κ2) is 8.50. The van der Waals surface area contributed by atoms with Gasteiger partial charge in [0.1, 0.15) is 11.2 Å². The lowest BCUT2D eigenvalue weighted by atomic mass is 10.1. The number of hydrogen-bond acceptors (Lipinski definition) is 5. The van der Waals surface area contributed by atoms with Crippen molar-refractivity contribution in [3.05, 3.63) is 62.1 Å². The monoisotopic (exact) mass is 439 g/mol. The fraction of sp³-hybridized carbons (Fsp3) is 0.364. The highest BCUT2D eigenvalue weighted by molar-refractivity contribution is 7.17. The highest BCUT2D eigenvalue weighted by Crippen LogP contribution is 2.18. The smallest absolute Gasteiger partial charge is 0.324 e. The summed E-state index contributed by atoms with van der Waals surface area (Å²) < 4.78 is 4.60. The molecular weight excluding hydrogens is 414 g/mol. The van der Waals surface area contributed by atoms with Crippen molar-refractivity contribution < 1.29 is 4.79 Å². The van der Waals surface area contributed by atoms with E-state index >= 15 is 0 Å². The maximum atomic E-state index is 13.1.